The first-order valence-electron chi connectivity index (χ1n) is 4.85. The number of hydrogen-bond acceptors (Lipinski definition) is 2. The zero-order chi connectivity index (χ0) is 8.23. The molecule has 1 aliphatic carbocycles. The molecule has 2 rings (SSSR count). The molecule has 0 N–H and O–H groups in total. The van der Waals surface area contributed by atoms with E-state index in [-0.39, 0.29) is 0 Å². The van der Waals surface area contributed by atoms with Gasteiger partial charge in [-0.15, -0.1) is 0 Å². The summed E-state index contributed by atoms with van der Waals surface area (Å²) in [5, 5.41) is 0. The maximum atomic E-state index is 5.68. The standard InChI is InChI=1S/C10H16O2/c1-2-6-10-9(5-1)11-7-3-4-8-12-10/h3-4,9-10H,1-2,5-8H2/b4-3-/t9-,10-/m1/s1. The van der Waals surface area contributed by atoms with Crippen LogP contribution in [-0.4, -0.2) is 25.4 Å². The molecule has 1 heterocycles. The van der Waals surface area contributed by atoms with E-state index >= 15 is 0 Å². The van der Waals surface area contributed by atoms with Gasteiger partial charge in [0.2, 0.25) is 0 Å². The highest BCUT2D eigenvalue weighted by molar-refractivity contribution is 4.87. The lowest BCUT2D eigenvalue weighted by atomic mass is 9.94. The molecule has 1 fully saturated rings. The molecule has 2 nitrogen and oxygen atoms in total. The van der Waals surface area contributed by atoms with Crippen molar-refractivity contribution in [3.8, 4) is 0 Å². The number of rotatable bonds is 0. The lowest BCUT2D eigenvalue weighted by Crippen LogP contribution is -2.35. The number of hydrogen-bond donors (Lipinski definition) is 0. The maximum absolute atomic E-state index is 5.68. The van der Waals surface area contributed by atoms with E-state index in [9.17, 15) is 0 Å². The van der Waals surface area contributed by atoms with E-state index in [1.54, 1.807) is 0 Å². The second-order valence-corrected chi connectivity index (χ2v) is 3.50. The quantitative estimate of drug-likeness (QED) is 0.514. The van der Waals surface area contributed by atoms with Crippen LogP contribution in [0.5, 0.6) is 0 Å². The Balaban J connectivity index is 1.95. The van der Waals surface area contributed by atoms with Crippen molar-refractivity contribution in [3.63, 3.8) is 0 Å². The molecular formula is C10H16O2. The monoisotopic (exact) mass is 168 g/mol. The third-order valence-corrected chi connectivity index (χ3v) is 2.62. The summed E-state index contributed by atoms with van der Waals surface area (Å²) in [5.74, 6) is 0. The van der Waals surface area contributed by atoms with Gasteiger partial charge in [0.1, 0.15) is 0 Å². The summed E-state index contributed by atoms with van der Waals surface area (Å²) < 4.78 is 11.4. The zero-order valence-electron chi connectivity index (χ0n) is 7.37. The van der Waals surface area contributed by atoms with Gasteiger partial charge in [0.25, 0.3) is 0 Å². The largest absolute Gasteiger partial charge is 0.371 e. The van der Waals surface area contributed by atoms with Crippen molar-refractivity contribution in [2.45, 2.75) is 37.9 Å². The minimum atomic E-state index is 0.365. The molecule has 1 saturated carbocycles. The Labute approximate surface area is 73.5 Å². The van der Waals surface area contributed by atoms with E-state index in [1.807, 2.05) is 12.2 Å². The van der Waals surface area contributed by atoms with Gasteiger partial charge in [-0.1, -0.05) is 25.0 Å². The molecule has 0 spiro atoms. The summed E-state index contributed by atoms with van der Waals surface area (Å²) in [6.07, 6.45) is 9.78. The van der Waals surface area contributed by atoms with Crippen molar-refractivity contribution >= 4 is 0 Å². The average Bonchev–Trinajstić information content (AvgIpc) is 2.06. The molecule has 2 atom stereocenters. The first-order chi connectivity index (χ1) is 5.97. The fourth-order valence-corrected chi connectivity index (χ4v) is 1.94. The number of fused-ring (bicyclic) bond motifs is 1. The molecule has 0 bridgehead atoms. The minimum absolute atomic E-state index is 0.365. The second-order valence-electron chi connectivity index (χ2n) is 3.50. The van der Waals surface area contributed by atoms with Crippen LogP contribution in [0, 0.1) is 0 Å². The van der Waals surface area contributed by atoms with Gasteiger partial charge >= 0.3 is 0 Å². The van der Waals surface area contributed by atoms with Gasteiger partial charge < -0.3 is 9.47 Å². The van der Waals surface area contributed by atoms with E-state index < -0.39 is 0 Å². The summed E-state index contributed by atoms with van der Waals surface area (Å²) in [6.45, 7) is 1.54. The molecule has 2 aliphatic rings. The van der Waals surface area contributed by atoms with Crippen LogP contribution in [0.2, 0.25) is 0 Å². The Hall–Kier alpha value is -0.340. The average molecular weight is 168 g/mol. The van der Waals surface area contributed by atoms with E-state index in [1.165, 1.54) is 25.7 Å². The molecule has 0 saturated heterocycles. The summed E-state index contributed by atoms with van der Waals surface area (Å²) in [6, 6.07) is 0. The first-order valence-corrected chi connectivity index (χ1v) is 4.85. The van der Waals surface area contributed by atoms with Crippen molar-refractivity contribution < 1.29 is 9.47 Å². The summed E-state index contributed by atoms with van der Waals surface area (Å²) in [4.78, 5) is 0. The van der Waals surface area contributed by atoms with Crippen LogP contribution < -0.4 is 0 Å². The predicted molar refractivity (Wildman–Crippen MR) is 47.1 cm³/mol. The van der Waals surface area contributed by atoms with Gasteiger partial charge in [-0.05, 0) is 12.8 Å². The van der Waals surface area contributed by atoms with Crippen molar-refractivity contribution in [2.75, 3.05) is 13.2 Å². The molecule has 0 aromatic heterocycles. The fraction of sp³-hybridized carbons (Fsp3) is 0.800. The van der Waals surface area contributed by atoms with Crippen LogP contribution in [0.3, 0.4) is 0 Å². The number of ether oxygens (including phenoxy) is 2. The highest BCUT2D eigenvalue weighted by Crippen LogP contribution is 2.24. The summed E-state index contributed by atoms with van der Waals surface area (Å²) in [5.41, 5.74) is 0. The van der Waals surface area contributed by atoms with Crippen molar-refractivity contribution in [3.05, 3.63) is 12.2 Å². The molecule has 68 valence electrons. The lowest BCUT2D eigenvalue weighted by Gasteiger charge is -2.31. The molecule has 2 heteroatoms. The van der Waals surface area contributed by atoms with Crippen LogP contribution in [0.1, 0.15) is 25.7 Å². The lowest BCUT2D eigenvalue weighted by molar-refractivity contribution is -0.0827. The van der Waals surface area contributed by atoms with Gasteiger partial charge in [0.15, 0.2) is 0 Å². The van der Waals surface area contributed by atoms with Crippen molar-refractivity contribution in [1.82, 2.24) is 0 Å². The Morgan fingerprint density at radius 3 is 1.83 bits per heavy atom. The SMILES string of the molecule is C1=C\CO[C@@H]2CCCC[C@H]2OC/1. The molecule has 1 aliphatic heterocycles. The van der Waals surface area contributed by atoms with Crippen molar-refractivity contribution in [1.29, 1.82) is 0 Å². The Morgan fingerprint density at radius 2 is 1.33 bits per heavy atom. The minimum Gasteiger partial charge on any atom is -0.371 e. The molecule has 0 aromatic carbocycles. The highest BCUT2D eigenvalue weighted by Gasteiger charge is 2.26. The molecule has 0 amide bonds. The molecule has 0 unspecified atom stereocenters. The van der Waals surface area contributed by atoms with E-state index in [0.717, 1.165) is 13.2 Å². The van der Waals surface area contributed by atoms with Crippen LogP contribution in [-0.2, 0) is 9.47 Å². The van der Waals surface area contributed by atoms with Gasteiger partial charge in [-0.25, -0.2) is 0 Å². The van der Waals surface area contributed by atoms with Crippen molar-refractivity contribution in [2.24, 2.45) is 0 Å². The summed E-state index contributed by atoms with van der Waals surface area (Å²) in [7, 11) is 0. The van der Waals surface area contributed by atoms with Crippen LogP contribution in [0.4, 0.5) is 0 Å². The molecule has 12 heavy (non-hydrogen) atoms. The van der Waals surface area contributed by atoms with Crippen LogP contribution >= 0.6 is 0 Å². The zero-order valence-corrected chi connectivity index (χ0v) is 7.37. The third kappa shape index (κ3) is 1.87. The normalized spacial score (nSPS) is 39.3. The Bertz CT molecular complexity index is 147. The third-order valence-electron chi connectivity index (χ3n) is 2.62. The van der Waals surface area contributed by atoms with Gasteiger partial charge in [-0.3, -0.25) is 0 Å². The fourth-order valence-electron chi connectivity index (χ4n) is 1.94. The molecule has 0 aromatic rings. The van der Waals surface area contributed by atoms with E-state index in [2.05, 4.69) is 0 Å². The van der Waals surface area contributed by atoms with E-state index in [4.69, 9.17) is 9.47 Å². The predicted octanol–water partition coefficient (Wildman–Crippen LogP) is 1.90. The topological polar surface area (TPSA) is 18.5 Å². The maximum Gasteiger partial charge on any atom is 0.0841 e. The summed E-state index contributed by atoms with van der Waals surface area (Å²) >= 11 is 0. The van der Waals surface area contributed by atoms with Crippen LogP contribution in [0.15, 0.2) is 12.2 Å². The molecular weight excluding hydrogens is 152 g/mol. The van der Waals surface area contributed by atoms with Crippen LogP contribution in [0.25, 0.3) is 0 Å². The second kappa shape index (κ2) is 4.06. The van der Waals surface area contributed by atoms with Gasteiger partial charge in [0.05, 0.1) is 25.4 Å². The Morgan fingerprint density at radius 1 is 0.833 bits per heavy atom. The highest BCUT2D eigenvalue weighted by atomic mass is 16.5. The van der Waals surface area contributed by atoms with Gasteiger partial charge in [-0.2, -0.15) is 0 Å². The van der Waals surface area contributed by atoms with Gasteiger partial charge in [0, 0.05) is 0 Å². The smallest absolute Gasteiger partial charge is 0.0841 e. The van der Waals surface area contributed by atoms with E-state index in [0.29, 0.717) is 12.2 Å². The molecule has 0 radical (unpaired) electrons. The first kappa shape index (κ1) is 8.27. The Kier molecular flexibility index (Phi) is 2.79.